The zero-order valence-electron chi connectivity index (χ0n) is 13.7. The van der Waals surface area contributed by atoms with Gasteiger partial charge in [0.25, 0.3) is 0 Å². The van der Waals surface area contributed by atoms with Crippen LogP contribution in [-0.4, -0.2) is 12.1 Å². The lowest BCUT2D eigenvalue weighted by molar-refractivity contribution is -0.141. The predicted molar refractivity (Wildman–Crippen MR) is 99.1 cm³/mol. The van der Waals surface area contributed by atoms with Crippen LogP contribution in [0.3, 0.4) is 0 Å². The highest BCUT2D eigenvalue weighted by Gasteiger charge is 2.17. The van der Waals surface area contributed by atoms with Crippen molar-refractivity contribution < 1.29 is 14.3 Å². The average molecular weight is 353 g/mol. The van der Waals surface area contributed by atoms with Crippen LogP contribution in [0.15, 0.2) is 78.9 Å². The molecule has 0 aliphatic rings. The van der Waals surface area contributed by atoms with Crippen LogP contribution in [0.1, 0.15) is 6.92 Å². The van der Waals surface area contributed by atoms with Crippen LogP contribution in [0.25, 0.3) is 11.1 Å². The third-order valence-electron chi connectivity index (χ3n) is 3.64. The molecular formula is C21H17ClO3. The molecule has 3 aromatic carbocycles. The summed E-state index contributed by atoms with van der Waals surface area (Å²) in [4.78, 5) is 12.2. The Balaban J connectivity index is 1.61. The van der Waals surface area contributed by atoms with Gasteiger partial charge in [-0.25, -0.2) is 4.79 Å². The van der Waals surface area contributed by atoms with Gasteiger partial charge in [0.15, 0.2) is 6.10 Å². The first-order chi connectivity index (χ1) is 12.1. The number of benzene rings is 3. The topological polar surface area (TPSA) is 35.5 Å². The SMILES string of the molecule is C[C@H](Oc1ccc(Cl)cc1)C(=O)Oc1ccc(-c2ccccc2)cc1. The molecule has 0 amide bonds. The number of carbonyl (C=O) groups is 1. The van der Waals surface area contributed by atoms with Gasteiger partial charge < -0.3 is 9.47 Å². The second-order valence-corrected chi connectivity index (χ2v) is 5.96. The molecule has 0 bridgehead atoms. The van der Waals surface area contributed by atoms with E-state index in [9.17, 15) is 4.79 Å². The molecular weight excluding hydrogens is 336 g/mol. The van der Waals surface area contributed by atoms with Crippen molar-refractivity contribution in [3.63, 3.8) is 0 Å². The van der Waals surface area contributed by atoms with Gasteiger partial charge in [0.05, 0.1) is 0 Å². The second-order valence-electron chi connectivity index (χ2n) is 5.53. The molecule has 0 saturated heterocycles. The largest absolute Gasteiger partial charge is 0.479 e. The summed E-state index contributed by atoms with van der Waals surface area (Å²) in [6, 6.07) is 24.2. The maximum atomic E-state index is 12.2. The first kappa shape index (κ1) is 17.1. The minimum Gasteiger partial charge on any atom is -0.479 e. The van der Waals surface area contributed by atoms with E-state index < -0.39 is 12.1 Å². The van der Waals surface area contributed by atoms with Gasteiger partial charge in [-0.3, -0.25) is 0 Å². The van der Waals surface area contributed by atoms with Crippen LogP contribution in [0.4, 0.5) is 0 Å². The van der Waals surface area contributed by atoms with Gasteiger partial charge in [-0.05, 0) is 54.4 Å². The molecule has 0 aromatic heterocycles. The Kier molecular flexibility index (Phi) is 5.36. The molecule has 25 heavy (non-hydrogen) atoms. The quantitative estimate of drug-likeness (QED) is 0.457. The lowest BCUT2D eigenvalue weighted by Gasteiger charge is -2.14. The maximum absolute atomic E-state index is 12.2. The zero-order chi connectivity index (χ0) is 17.6. The van der Waals surface area contributed by atoms with Crippen molar-refractivity contribution in [2.45, 2.75) is 13.0 Å². The Hall–Kier alpha value is -2.78. The van der Waals surface area contributed by atoms with Gasteiger partial charge in [0.1, 0.15) is 11.5 Å². The monoisotopic (exact) mass is 352 g/mol. The van der Waals surface area contributed by atoms with E-state index in [1.54, 1.807) is 43.3 Å². The highest BCUT2D eigenvalue weighted by molar-refractivity contribution is 6.30. The van der Waals surface area contributed by atoms with E-state index in [4.69, 9.17) is 21.1 Å². The summed E-state index contributed by atoms with van der Waals surface area (Å²) >= 11 is 5.83. The number of rotatable bonds is 5. The van der Waals surface area contributed by atoms with E-state index in [0.717, 1.165) is 11.1 Å². The summed E-state index contributed by atoms with van der Waals surface area (Å²) in [7, 11) is 0. The van der Waals surface area contributed by atoms with Gasteiger partial charge in [0, 0.05) is 5.02 Å². The summed E-state index contributed by atoms with van der Waals surface area (Å²) in [6.07, 6.45) is -0.727. The first-order valence-corrected chi connectivity index (χ1v) is 8.29. The molecule has 0 unspecified atom stereocenters. The molecule has 0 aliphatic carbocycles. The molecule has 0 N–H and O–H groups in total. The number of esters is 1. The van der Waals surface area contributed by atoms with Crippen molar-refractivity contribution in [2.24, 2.45) is 0 Å². The van der Waals surface area contributed by atoms with Gasteiger partial charge in [-0.1, -0.05) is 54.1 Å². The Bertz CT molecular complexity index is 827. The van der Waals surface area contributed by atoms with E-state index in [1.165, 1.54) is 0 Å². The van der Waals surface area contributed by atoms with Crippen molar-refractivity contribution in [3.8, 4) is 22.6 Å². The minimum atomic E-state index is -0.727. The molecule has 0 saturated carbocycles. The molecule has 126 valence electrons. The molecule has 4 heteroatoms. The van der Waals surface area contributed by atoms with Crippen LogP contribution in [-0.2, 0) is 4.79 Å². The predicted octanol–water partition coefficient (Wildman–Crippen LogP) is 5.38. The molecule has 0 radical (unpaired) electrons. The van der Waals surface area contributed by atoms with Crippen LogP contribution >= 0.6 is 11.6 Å². The lowest BCUT2D eigenvalue weighted by Crippen LogP contribution is -2.28. The fourth-order valence-electron chi connectivity index (χ4n) is 2.31. The van der Waals surface area contributed by atoms with E-state index >= 15 is 0 Å². The van der Waals surface area contributed by atoms with Gasteiger partial charge in [-0.15, -0.1) is 0 Å². The first-order valence-electron chi connectivity index (χ1n) is 7.91. The van der Waals surface area contributed by atoms with E-state index in [0.29, 0.717) is 16.5 Å². The standard InChI is InChI=1S/C21H17ClO3/c1-15(24-19-13-9-18(22)10-14-19)21(23)25-20-11-7-17(8-12-20)16-5-3-2-4-6-16/h2-15H,1H3/t15-/m0/s1. The molecule has 0 heterocycles. The van der Waals surface area contributed by atoms with Gasteiger partial charge in [0.2, 0.25) is 0 Å². The number of carbonyl (C=O) groups excluding carboxylic acids is 1. The maximum Gasteiger partial charge on any atom is 0.352 e. The number of hydrogen-bond acceptors (Lipinski definition) is 3. The molecule has 0 aliphatic heterocycles. The second kappa shape index (κ2) is 7.86. The summed E-state index contributed by atoms with van der Waals surface area (Å²) in [5.74, 6) is 0.590. The zero-order valence-corrected chi connectivity index (χ0v) is 14.4. The van der Waals surface area contributed by atoms with E-state index in [1.807, 2.05) is 42.5 Å². The van der Waals surface area contributed by atoms with Crippen molar-refractivity contribution in [1.29, 1.82) is 0 Å². The third kappa shape index (κ3) is 4.61. The van der Waals surface area contributed by atoms with Crippen molar-refractivity contribution in [2.75, 3.05) is 0 Å². The number of halogens is 1. The van der Waals surface area contributed by atoms with Crippen molar-refractivity contribution in [3.05, 3.63) is 83.9 Å². The molecule has 3 rings (SSSR count). The Morgan fingerprint density at radius 3 is 2.00 bits per heavy atom. The van der Waals surface area contributed by atoms with E-state index in [2.05, 4.69) is 0 Å². The number of hydrogen-bond donors (Lipinski definition) is 0. The summed E-state index contributed by atoms with van der Waals surface area (Å²) < 4.78 is 10.9. The normalized spacial score (nSPS) is 11.6. The Morgan fingerprint density at radius 2 is 1.36 bits per heavy atom. The Morgan fingerprint density at radius 1 is 0.800 bits per heavy atom. The van der Waals surface area contributed by atoms with Crippen molar-refractivity contribution in [1.82, 2.24) is 0 Å². The minimum absolute atomic E-state index is 0.456. The molecule has 0 fully saturated rings. The molecule has 3 aromatic rings. The van der Waals surface area contributed by atoms with Crippen LogP contribution in [0.2, 0.25) is 5.02 Å². The summed E-state index contributed by atoms with van der Waals surface area (Å²) in [5.41, 5.74) is 2.17. The van der Waals surface area contributed by atoms with Gasteiger partial charge >= 0.3 is 5.97 Å². The number of ether oxygens (including phenoxy) is 2. The molecule has 3 nitrogen and oxygen atoms in total. The highest BCUT2D eigenvalue weighted by Crippen LogP contribution is 2.23. The summed E-state index contributed by atoms with van der Waals surface area (Å²) in [5, 5.41) is 0.612. The molecule has 1 atom stereocenters. The molecule has 0 spiro atoms. The summed E-state index contributed by atoms with van der Waals surface area (Å²) in [6.45, 7) is 1.65. The Labute approximate surface area is 151 Å². The fourth-order valence-corrected chi connectivity index (χ4v) is 2.44. The van der Waals surface area contributed by atoms with E-state index in [-0.39, 0.29) is 0 Å². The van der Waals surface area contributed by atoms with Gasteiger partial charge in [-0.2, -0.15) is 0 Å². The highest BCUT2D eigenvalue weighted by atomic mass is 35.5. The van der Waals surface area contributed by atoms with Crippen LogP contribution in [0, 0.1) is 0 Å². The fraction of sp³-hybridized carbons (Fsp3) is 0.0952. The lowest BCUT2D eigenvalue weighted by atomic mass is 10.1. The van der Waals surface area contributed by atoms with Crippen LogP contribution < -0.4 is 9.47 Å². The van der Waals surface area contributed by atoms with Crippen LogP contribution in [0.5, 0.6) is 11.5 Å². The smallest absolute Gasteiger partial charge is 0.352 e. The third-order valence-corrected chi connectivity index (χ3v) is 3.89. The van der Waals surface area contributed by atoms with Crippen molar-refractivity contribution >= 4 is 17.6 Å². The average Bonchev–Trinajstić information content (AvgIpc) is 2.65.